The zero-order chi connectivity index (χ0) is 17.6. The van der Waals surface area contributed by atoms with E-state index in [1.54, 1.807) is 17.8 Å². The molecule has 0 saturated carbocycles. The predicted molar refractivity (Wildman–Crippen MR) is 101 cm³/mol. The molecule has 3 rings (SSSR count). The molecule has 2 aromatic carbocycles. The van der Waals surface area contributed by atoms with Crippen molar-refractivity contribution in [1.82, 2.24) is 5.32 Å². The molecule has 4 nitrogen and oxygen atoms in total. The van der Waals surface area contributed by atoms with E-state index in [0.717, 1.165) is 17.7 Å². The van der Waals surface area contributed by atoms with E-state index in [4.69, 9.17) is 21.1 Å². The van der Waals surface area contributed by atoms with Crippen LogP contribution >= 0.6 is 23.4 Å². The van der Waals surface area contributed by atoms with Crippen LogP contribution in [0.5, 0.6) is 11.5 Å². The zero-order valence-corrected chi connectivity index (χ0v) is 15.5. The van der Waals surface area contributed by atoms with Gasteiger partial charge in [0.15, 0.2) is 18.1 Å². The van der Waals surface area contributed by atoms with Crippen LogP contribution in [-0.4, -0.2) is 24.9 Å². The van der Waals surface area contributed by atoms with E-state index in [1.165, 1.54) is 4.90 Å². The maximum atomic E-state index is 12.3. The van der Waals surface area contributed by atoms with Gasteiger partial charge in [0, 0.05) is 15.7 Å². The molecule has 1 N–H and O–H groups in total. The number of carbonyl (C=O) groups is 1. The van der Waals surface area contributed by atoms with Gasteiger partial charge in [-0.15, -0.1) is 11.8 Å². The molecule has 25 heavy (non-hydrogen) atoms. The Morgan fingerprint density at radius 1 is 1.24 bits per heavy atom. The highest BCUT2D eigenvalue weighted by Gasteiger charge is 2.23. The largest absolute Gasteiger partial charge is 0.490 e. The molecule has 1 atom stereocenters. The third-order valence-electron chi connectivity index (χ3n) is 3.85. The van der Waals surface area contributed by atoms with Gasteiger partial charge in [0.2, 0.25) is 0 Å². The normalized spacial score (nSPS) is 16.0. The Bertz CT molecular complexity index is 753. The second kappa shape index (κ2) is 8.50. The van der Waals surface area contributed by atoms with Gasteiger partial charge in [0.25, 0.3) is 5.91 Å². The molecule has 0 saturated heterocycles. The second-order valence-corrected chi connectivity index (χ2v) is 7.18. The first-order chi connectivity index (χ1) is 12.2. The minimum atomic E-state index is -0.158. The minimum absolute atomic E-state index is 0.0341. The Morgan fingerprint density at radius 3 is 2.76 bits per heavy atom. The summed E-state index contributed by atoms with van der Waals surface area (Å²) in [7, 11) is 0. The van der Waals surface area contributed by atoms with Gasteiger partial charge in [0.1, 0.15) is 0 Å². The van der Waals surface area contributed by atoms with Crippen molar-refractivity contribution in [2.24, 2.45) is 0 Å². The summed E-state index contributed by atoms with van der Waals surface area (Å²) in [6.07, 6.45) is 0.874. The van der Waals surface area contributed by atoms with Gasteiger partial charge in [-0.2, -0.15) is 0 Å². The van der Waals surface area contributed by atoms with E-state index in [-0.39, 0.29) is 18.6 Å². The third-order valence-corrected chi connectivity index (χ3v) is 5.21. The summed E-state index contributed by atoms with van der Waals surface area (Å²) in [5, 5.41) is 3.73. The van der Waals surface area contributed by atoms with Crippen molar-refractivity contribution in [3.05, 3.63) is 53.1 Å². The number of halogens is 1. The van der Waals surface area contributed by atoms with Gasteiger partial charge in [-0.25, -0.2) is 0 Å². The summed E-state index contributed by atoms with van der Waals surface area (Å²) >= 11 is 7.89. The van der Waals surface area contributed by atoms with Crippen molar-refractivity contribution >= 4 is 29.3 Å². The first-order valence-corrected chi connectivity index (χ1v) is 9.60. The van der Waals surface area contributed by atoms with Crippen molar-refractivity contribution in [2.75, 3.05) is 19.0 Å². The predicted octanol–water partition coefficient (Wildman–Crippen LogP) is 4.47. The molecule has 1 aliphatic rings. The van der Waals surface area contributed by atoms with E-state index < -0.39 is 0 Å². The van der Waals surface area contributed by atoms with Crippen molar-refractivity contribution in [1.29, 1.82) is 0 Å². The summed E-state index contributed by atoms with van der Waals surface area (Å²) in [6, 6.07) is 13.1. The van der Waals surface area contributed by atoms with Crippen LogP contribution in [0.3, 0.4) is 0 Å². The first kappa shape index (κ1) is 18.0. The van der Waals surface area contributed by atoms with Crippen molar-refractivity contribution in [3.63, 3.8) is 0 Å². The standard InChI is InChI=1S/C19H20ClNO3S/c1-2-23-16-5-3-4-6-17(16)24-12-19(22)21-15-9-10-25-18-8-7-13(20)11-14(15)18/h3-8,11,15H,2,9-10,12H2,1H3,(H,21,22). The fraction of sp³-hybridized carbons (Fsp3) is 0.316. The molecule has 0 bridgehead atoms. The monoisotopic (exact) mass is 377 g/mol. The van der Waals surface area contributed by atoms with E-state index in [2.05, 4.69) is 5.32 Å². The lowest BCUT2D eigenvalue weighted by Gasteiger charge is -2.26. The summed E-state index contributed by atoms with van der Waals surface area (Å²) < 4.78 is 11.1. The summed E-state index contributed by atoms with van der Waals surface area (Å²) in [5.74, 6) is 2.02. The van der Waals surface area contributed by atoms with E-state index in [1.807, 2.05) is 43.3 Å². The molecule has 0 fully saturated rings. The van der Waals surface area contributed by atoms with Crippen LogP contribution in [-0.2, 0) is 4.79 Å². The number of hydrogen-bond acceptors (Lipinski definition) is 4. The molecule has 1 unspecified atom stereocenters. The summed E-state index contributed by atoms with van der Waals surface area (Å²) in [4.78, 5) is 13.5. The average molecular weight is 378 g/mol. The topological polar surface area (TPSA) is 47.6 Å². The number of amides is 1. The lowest BCUT2D eigenvalue weighted by atomic mass is 10.0. The Kier molecular flexibility index (Phi) is 6.10. The highest BCUT2D eigenvalue weighted by atomic mass is 35.5. The number of carbonyl (C=O) groups excluding carboxylic acids is 1. The molecule has 6 heteroatoms. The van der Waals surface area contributed by atoms with Crippen molar-refractivity contribution in [3.8, 4) is 11.5 Å². The number of hydrogen-bond donors (Lipinski definition) is 1. The van der Waals surface area contributed by atoms with Crippen LogP contribution < -0.4 is 14.8 Å². The van der Waals surface area contributed by atoms with E-state index in [0.29, 0.717) is 23.1 Å². The molecular formula is C19H20ClNO3S. The van der Waals surface area contributed by atoms with Crippen molar-refractivity contribution < 1.29 is 14.3 Å². The van der Waals surface area contributed by atoms with E-state index >= 15 is 0 Å². The second-order valence-electron chi connectivity index (χ2n) is 5.61. The fourth-order valence-corrected chi connectivity index (χ4v) is 4.02. The van der Waals surface area contributed by atoms with Gasteiger partial charge in [0.05, 0.1) is 12.6 Å². The molecule has 0 radical (unpaired) electrons. The SMILES string of the molecule is CCOc1ccccc1OCC(=O)NC1CCSc2ccc(Cl)cc21. The minimum Gasteiger partial charge on any atom is -0.490 e. The number of thioether (sulfide) groups is 1. The lowest BCUT2D eigenvalue weighted by molar-refractivity contribution is -0.123. The number of benzene rings is 2. The smallest absolute Gasteiger partial charge is 0.258 e. The molecule has 1 aliphatic heterocycles. The number of rotatable bonds is 6. The van der Waals surface area contributed by atoms with E-state index in [9.17, 15) is 4.79 Å². The van der Waals surface area contributed by atoms with Crippen molar-refractivity contribution in [2.45, 2.75) is 24.3 Å². The Balaban J connectivity index is 1.62. The Labute approximate surface area is 156 Å². The highest BCUT2D eigenvalue weighted by Crippen LogP contribution is 2.37. The molecule has 132 valence electrons. The Hall–Kier alpha value is -1.85. The first-order valence-electron chi connectivity index (χ1n) is 8.23. The highest BCUT2D eigenvalue weighted by molar-refractivity contribution is 7.99. The number of ether oxygens (including phenoxy) is 2. The van der Waals surface area contributed by atoms with Gasteiger partial charge < -0.3 is 14.8 Å². The summed E-state index contributed by atoms with van der Waals surface area (Å²) in [6.45, 7) is 2.40. The van der Waals surface area contributed by atoms with Gasteiger partial charge >= 0.3 is 0 Å². The molecule has 0 aliphatic carbocycles. The Morgan fingerprint density at radius 2 is 2.00 bits per heavy atom. The number of fused-ring (bicyclic) bond motifs is 1. The quantitative estimate of drug-likeness (QED) is 0.806. The average Bonchev–Trinajstić information content (AvgIpc) is 2.62. The molecular weight excluding hydrogens is 358 g/mol. The molecule has 2 aromatic rings. The van der Waals surface area contributed by atoms with Crippen LogP contribution in [0.4, 0.5) is 0 Å². The molecule has 1 amide bonds. The lowest BCUT2D eigenvalue weighted by Crippen LogP contribution is -2.34. The zero-order valence-electron chi connectivity index (χ0n) is 14.0. The van der Waals surface area contributed by atoms with Crippen LogP contribution in [0.15, 0.2) is 47.4 Å². The third kappa shape index (κ3) is 4.61. The van der Waals surface area contributed by atoms with Crippen LogP contribution in [0.2, 0.25) is 5.02 Å². The molecule has 0 spiro atoms. The summed E-state index contributed by atoms with van der Waals surface area (Å²) in [5.41, 5.74) is 1.08. The maximum absolute atomic E-state index is 12.3. The molecule has 1 heterocycles. The van der Waals surface area contributed by atoms with Crippen LogP contribution in [0.25, 0.3) is 0 Å². The number of para-hydroxylation sites is 2. The fourth-order valence-electron chi connectivity index (χ4n) is 2.74. The van der Waals surface area contributed by atoms with Crippen LogP contribution in [0.1, 0.15) is 24.9 Å². The van der Waals surface area contributed by atoms with Gasteiger partial charge in [-0.3, -0.25) is 4.79 Å². The number of nitrogens with one attached hydrogen (secondary N) is 1. The van der Waals surface area contributed by atoms with Gasteiger partial charge in [-0.1, -0.05) is 23.7 Å². The van der Waals surface area contributed by atoms with Gasteiger partial charge in [-0.05, 0) is 49.2 Å². The van der Waals surface area contributed by atoms with Crippen LogP contribution in [0, 0.1) is 0 Å². The molecule has 0 aromatic heterocycles. The maximum Gasteiger partial charge on any atom is 0.258 e.